The Bertz CT molecular complexity index is 854. The molecule has 136 valence electrons. The third-order valence-electron chi connectivity index (χ3n) is 5.88. The maximum atomic E-state index is 11.0. The molecule has 3 rings (SSSR count). The Labute approximate surface area is 156 Å². The number of rotatable bonds is 4. The summed E-state index contributed by atoms with van der Waals surface area (Å²) in [7, 11) is 0. The Balaban J connectivity index is 1.88. The quantitative estimate of drug-likeness (QED) is 0.737. The number of fused-ring (bicyclic) bond motifs is 1. The SMILES string of the molecule is C=C(Cc1ccc(C(=O)O)cc1)c1ccc2c(c1)C(C)(C)CCC2(C)C. The number of hydrogen-bond donors (Lipinski definition) is 1. The van der Waals surface area contributed by atoms with Gasteiger partial charge in [-0.15, -0.1) is 0 Å². The molecule has 0 bridgehead atoms. The summed E-state index contributed by atoms with van der Waals surface area (Å²) < 4.78 is 0. The molecule has 0 fully saturated rings. The fourth-order valence-electron chi connectivity index (χ4n) is 3.92. The molecule has 0 aromatic heterocycles. The van der Waals surface area contributed by atoms with Crippen molar-refractivity contribution >= 4 is 11.5 Å². The number of carbonyl (C=O) groups is 1. The number of hydrogen-bond acceptors (Lipinski definition) is 1. The first-order valence-electron chi connectivity index (χ1n) is 9.25. The van der Waals surface area contributed by atoms with Gasteiger partial charge in [0.2, 0.25) is 0 Å². The van der Waals surface area contributed by atoms with Gasteiger partial charge in [0.15, 0.2) is 0 Å². The molecule has 2 aromatic carbocycles. The van der Waals surface area contributed by atoms with Gasteiger partial charge < -0.3 is 5.11 Å². The third kappa shape index (κ3) is 3.46. The van der Waals surface area contributed by atoms with Gasteiger partial charge in [0, 0.05) is 0 Å². The molecule has 0 heterocycles. The molecule has 1 N–H and O–H groups in total. The molecule has 0 spiro atoms. The topological polar surface area (TPSA) is 37.3 Å². The predicted octanol–water partition coefficient (Wildman–Crippen LogP) is 5.99. The van der Waals surface area contributed by atoms with Gasteiger partial charge >= 0.3 is 5.97 Å². The highest BCUT2D eigenvalue weighted by Crippen LogP contribution is 2.46. The zero-order chi connectivity index (χ0) is 19.1. The van der Waals surface area contributed by atoms with E-state index in [4.69, 9.17) is 5.11 Å². The van der Waals surface area contributed by atoms with E-state index in [0.29, 0.717) is 5.56 Å². The smallest absolute Gasteiger partial charge is 0.335 e. The van der Waals surface area contributed by atoms with Crippen molar-refractivity contribution in [2.45, 2.75) is 57.8 Å². The summed E-state index contributed by atoms with van der Waals surface area (Å²) in [5.41, 5.74) is 6.94. The summed E-state index contributed by atoms with van der Waals surface area (Å²) in [5, 5.41) is 9.02. The highest BCUT2D eigenvalue weighted by atomic mass is 16.4. The van der Waals surface area contributed by atoms with E-state index in [-0.39, 0.29) is 10.8 Å². The number of carboxylic acids is 1. The minimum absolute atomic E-state index is 0.185. The van der Waals surface area contributed by atoms with Crippen molar-refractivity contribution < 1.29 is 9.90 Å². The van der Waals surface area contributed by atoms with Gasteiger partial charge in [0.25, 0.3) is 0 Å². The third-order valence-corrected chi connectivity index (χ3v) is 5.88. The standard InChI is InChI=1S/C24H28O2/c1-16(14-17-6-8-18(9-7-17)22(25)26)19-10-11-20-21(15-19)24(4,5)13-12-23(20,2)3/h6-11,15H,1,12-14H2,2-5H3,(H,25,26). The Morgan fingerprint density at radius 3 is 2.04 bits per heavy atom. The molecule has 2 aromatic rings. The lowest BCUT2D eigenvalue weighted by atomic mass is 9.63. The second-order valence-electron chi connectivity index (χ2n) is 8.81. The van der Waals surface area contributed by atoms with Gasteiger partial charge in [0.05, 0.1) is 5.56 Å². The fraction of sp³-hybridized carbons (Fsp3) is 0.375. The van der Waals surface area contributed by atoms with Gasteiger partial charge in [-0.1, -0.05) is 64.6 Å². The van der Waals surface area contributed by atoms with Crippen LogP contribution in [0.5, 0.6) is 0 Å². The lowest BCUT2D eigenvalue weighted by molar-refractivity contribution is 0.0697. The van der Waals surface area contributed by atoms with Crippen molar-refractivity contribution in [1.29, 1.82) is 0 Å². The van der Waals surface area contributed by atoms with Crippen molar-refractivity contribution in [3.8, 4) is 0 Å². The van der Waals surface area contributed by atoms with Gasteiger partial charge in [-0.2, -0.15) is 0 Å². The van der Waals surface area contributed by atoms with E-state index in [0.717, 1.165) is 17.6 Å². The molecular weight excluding hydrogens is 320 g/mol. The normalized spacial score (nSPS) is 17.4. The van der Waals surface area contributed by atoms with Crippen LogP contribution in [-0.4, -0.2) is 11.1 Å². The summed E-state index contributed by atoms with van der Waals surface area (Å²) in [4.78, 5) is 11.0. The molecule has 2 heteroatoms. The van der Waals surface area contributed by atoms with Crippen molar-refractivity contribution in [2.75, 3.05) is 0 Å². The molecule has 0 saturated heterocycles. The lowest BCUT2D eigenvalue weighted by Crippen LogP contribution is -2.33. The zero-order valence-electron chi connectivity index (χ0n) is 16.2. The van der Waals surface area contributed by atoms with Crippen LogP contribution in [0.25, 0.3) is 5.57 Å². The summed E-state index contributed by atoms with van der Waals surface area (Å²) in [5.74, 6) is -0.894. The Morgan fingerprint density at radius 1 is 0.923 bits per heavy atom. The van der Waals surface area contributed by atoms with Crippen LogP contribution in [0.2, 0.25) is 0 Å². The molecule has 0 saturated carbocycles. The monoisotopic (exact) mass is 348 g/mol. The highest BCUT2D eigenvalue weighted by molar-refractivity contribution is 5.87. The summed E-state index contributed by atoms with van der Waals surface area (Å²) >= 11 is 0. The molecule has 0 radical (unpaired) electrons. The van der Waals surface area contributed by atoms with Gasteiger partial charge in [-0.3, -0.25) is 0 Å². The van der Waals surface area contributed by atoms with Crippen LogP contribution < -0.4 is 0 Å². The summed E-state index contributed by atoms with van der Waals surface area (Å²) in [6.07, 6.45) is 3.13. The van der Waals surface area contributed by atoms with Crippen LogP contribution in [0.15, 0.2) is 49.0 Å². The van der Waals surface area contributed by atoms with Crippen LogP contribution in [0.1, 0.15) is 73.1 Å². The van der Waals surface area contributed by atoms with Gasteiger partial charge in [-0.05, 0) is 70.1 Å². The number of allylic oxidation sites excluding steroid dienone is 1. The Hall–Kier alpha value is -2.35. The first kappa shape index (κ1) is 18.4. The summed E-state index contributed by atoms with van der Waals surface area (Å²) in [6.45, 7) is 13.6. The number of carboxylic acid groups (broad SMARTS) is 1. The van der Waals surface area contributed by atoms with Crippen molar-refractivity contribution in [3.63, 3.8) is 0 Å². The largest absolute Gasteiger partial charge is 0.478 e. The Morgan fingerprint density at radius 2 is 1.46 bits per heavy atom. The molecule has 0 amide bonds. The molecule has 0 atom stereocenters. The number of aromatic carboxylic acids is 1. The molecule has 26 heavy (non-hydrogen) atoms. The van der Waals surface area contributed by atoms with E-state index in [1.165, 1.54) is 29.5 Å². The van der Waals surface area contributed by atoms with Crippen molar-refractivity contribution in [2.24, 2.45) is 0 Å². The van der Waals surface area contributed by atoms with E-state index >= 15 is 0 Å². The zero-order valence-corrected chi connectivity index (χ0v) is 16.2. The lowest BCUT2D eigenvalue weighted by Gasteiger charge is -2.42. The molecule has 0 unspecified atom stereocenters. The van der Waals surface area contributed by atoms with Gasteiger partial charge in [-0.25, -0.2) is 4.79 Å². The average Bonchev–Trinajstić information content (AvgIpc) is 2.59. The van der Waals surface area contributed by atoms with E-state index in [2.05, 4.69) is 52.5 Å². The first-order valence-corrected chi connectivity index (χ1v) is 9.25. The van der Waals surface area contributed by atoms with Crippen molar-refractivity contribution in [3.05, 3.63) is 76.9 Å². The second-order valence-corrected chi connectivity index (χ2v) is 8.81. The predicted molar refractivity (Wildman–Crippen MR) is 108 cm³/mol. The minimum atomic E-state index is -0.894. The van der Waals surface area contributed by atoms with Gasteiger partial charge in [0.1, 0.15) is 0 Å². The minimum Gasteiger partial charge on any atom is -0.478 e. The maximum absolute atomic E-state index is 11.0. The van der Waals surface area contributed by atoms with Crippen LogP contribution >= 0.6 is 0 Å². The van der Waals surface area contributed by atoms with Crippen molar-refractivity contribution in [1.82, 2.24) is 0 Å². The van der Waals surface area contributed by atoms with E-state index in [1.807, 2.05) is 12.1 Å². The van der Waals surface area contributed by atoms with Crippen LogP contribution in [0.4, 0.5) is 0 Å². The first-order chi connectivity index (χ1) is 12.1. The second kappa shape index (κ2) is 6.42. The average molecular weight is 348 g/mol. The molecule has 2 nitrogen and oxygen atoms in total. The molecule has 1 aliphatic rings. The summed E-state index contributed by atoms with van der Waals surface area (Å²) in [6, 6.07) is 13.9. The highest BCUT2D eigenvalue weighted by Gasteiger charge is 2.36. The Kier molecular flexibility index (Phi) is 4.56. The van der Waals surface area contributed by atoms with E-state index < -0.39 is 5.97 Å². The molecule has 0 aliphatic heterocycles. The fourth-order valence-corrected chi connectivity index (χ4v) is 3.92. The van der Waals surface area contributed by atoms with Crippen LogP contribution in [-0.2, 0) is 17.3 Å². The van der Waals surface area contributed by atoms with E-state index in [1.54, 1.807) is 12.1 Å². The maximum Gasteiger partial charge on any atom is 0.335 e. The number of benzene rings is 2. The molecule has 1 aliphatic carbocycles. The van der Waals surface area contributed by atoms with Crippen LogP contribution in [0.3, 0.4) is 0 Å². The van der Waals surface area contributed by atoms with Crippen LogP contribution in [0, 0.1) is 0 Å². The van der Waals surface area contributed by atoms with E-state index in [9.17, 15) is 4.79 Å². The molecular formula is C24H28O2.